The maximum Gasteiger partial charge on any atom is 0.330 e. The maximum atomic E-state index is 12.0. The molecule has 2 nitrogen and oxygen atoms in total. The van der Waals surface area contributed by atoms with E-state index in [0.29, 0.717) is 5.92 Å². The molecular formula is C10H16F2O2. The number of carbonyl (C=O) groups excluding carboxylic acids is 1. The molecule has 82 valence electrons. The Morgan fingerprint density at radius 1 is 1.43 bits per heavy atom. The molecule has 0 aromatic rings. The summed E-state index contributed by atoms with van der Waals surface area (Å²) < 4.78 is 28.7. The summed E-state index contributed by atoms with van der Waals surface area (Å²) in [6.45, 7) is 5.47. The van der Waals surface area contributed by atoms with Gasteiger partial charge in [-0.05, 0) is 24.8 Å². The van der Waals surface area contributed by atoms with Crippen molar-refractivity contribution in [2.24, 2.45) is 5.92 Å². The van der Waals surface area contributed by atoms with Crippen LogP contribution in [-0.4, -0.2) is 19.0 Å². The van der Waals surface area contributed by atoms with E-state index in [1.807, 2.05) is 13.8 Å². The molecule has 0 aromatic heterocycles. The average molecular weight is 206 g/mol. The van der Waals surface area contributed by atoms with E-state index in [1.54, 1.807) is 0 Å². The van der Waals surface area contributed by atoms with Gasteiger partial charge in [-0.1, -0.05) is 13.8 Å². The molecule has 0 unspecified atom stereocenters. The van der Waals surface area contributed by atoms with E-state index < -0.39 is 12.4 Å². The second-order valence-corrected chi connectivity index (χ2v) is 3.54. The van der Waals surface area contributed by atoms with E-state index in [-0.39, 0.29) is 12.2 Å². The van der Waals surface area contributed by atoms with Crippen LogP contribution in [0.3, 0.4) is 0 Å². The van der Waals surface area contributed by atoms with Crippen molar-refractivity contribution in [2.75, 3.05) is 6.61 Å². The molecule has 0 saturated carbocycles. The number of allylic oxidation sites excluding steroid dienone is 1. The molecule has 0 radical (unpaired) electrons. The number of esters is 1. The first-order valence-electron chi connectivity index (χ1n) is 4.56. The third kappa shape index (κ3) is 6.57. The van der Waals surface area contributed by atoms with Crippen molar-refractivity contribution < 1.29 is 18.3 Å². The number of hydrogen-bond acceptors (Lipinski definition) is 2. The zero-order valence-electron chi connectivity index (χ0n) is 8.72. The van der Waals surface area contributed by atoms with Crippen molar-refractivity contribution in [2.45, 2.75) is 33.6 Å². The average Bonchev–Trinajstić information content (AvgIpc) is 2.02. The van der Waals surface area contributed by atoms with Gasteiger partial charge < -0.3 is 4.74 Å². The fourth-order valence-corrected chi connectivity index (χ4v) is 0.686. The van der Waals surface area contributed by atoms with Crippen molar-refractivity contribution in [3.8, 4) is 0 Å². The lowest BCUT2D eigenvalue weighted by Crippen LogP contribution is -2.06. The fraction of sp³-hybridized carbons (Fsp3) is 0.700. The monoisotopic (exact) mass is 206 g/mol. The number of alkyl halides is 2. The standard InChI is InChI=1S/C10H16F2O2/c1-7(2)4-5-14-9(13)6-8(3)10(11)12/h6-7,10H,4-5H2,1-3H3. The summed E-state index contributed by atoms with van der Waals surface area (Å²) in [7, 11) is 0. The van der Waals surface area contributed by atoms with Crippen molar-refractivity contribution in [1.82, 2.24) is 0 Å². The summed E-state index contributed by atoms with van der Waals surface area (Å²) in [4.78, 5) is 10.9. The SMILES string of the molecule is CC(=CC(=O)OCCC(C)C)C(F)F. The highest BCUT2D eigenvalue weighted by atomic mass is 19.3. The van der Waals surface area contributed by atoms with Gasteiger partial charge in [0, 0.05) is 6.08 Å². The zero-order chi connectivity index (χ0) is 11.1. The van der Waals surface area contributed by atoms with E-state index in [9.17, 15) is 13.6 Å². The summed E-state index contributed by atoms with van der Waals surface area (Å²) in [5.41, 5.74) is -0.264. The van der Waals surface area contributed by atoms with Gasteiger partial charge in [0.1, 0.15) is 0 Å². The van der Waals surface area contributed by atoms with E-state index in [4.69, 9.17) is 4.74 Å². The third-order valence-corrected chi connectivity index (χ3v) is 1.63. The van der Waals surface area contributed by atoms with Gasteiger partial charge >= 0.3 is 5.97 Å². The van der Waals surface area contributed by atoms with Crippen LogP contribution in [0.2, 0.25) is 0 Å². The van der Waals surface area contributed by atoms with Crippen LogP contribution in [0.5, 0.6) is 0 Å². The van der Waals surface area contributed by atoms with Gasteiger partial charge in [-0.25, -0.2) is 13.6 Å². The molecular weight excluding hydrogens is 190 g/mol. The van der Waals surface area contributed by atoms with Crippen LogP contribution >= 0.6 is 0 Å². The van der Waals surface area contributed by atoms with Gasteiger partial charge in [0.2, 0.25) is 0 Å². The minimum atomic E-state index is -2.59. The van der Waals surface area contributed by atoms with Crippen molar-refractivity contribution in [1.29, 1.82) is 0 Å². The molecule has 0 saturated heterocycles. The van der Waals surface area contributed by atoms with Crippen LogP contribution in [0.4, 0.5) is 8.78 Å². The summed E-state index contributed by atoms with van der Waals surface area (Å²) in [6, 6.07) is 0. The minimum absolute atomic E-state index is 0.264. The Labute approximate surface area is 82.9 Å². The number of hydrogen-bond donors (Lipinski definition) is 0. The second-order valence-electron chi connectivity index (χ2n) is 3.54. The molecule has 14 heavy (non-hydrogen) atoms. The van der Waals surface area contributed by atoms with Gasteiger partial charge in [-0.2, -0.15) is 0 Å². The molecule has 0 aromatic carbocycles. The Morgan fingerprint density at radius 2 is 2.00 bits per heavy atom. The molecule has 0 aliphatic carbocycles. The molecule has 0 spiro atoms. The van der Waals surface area contributed by atoms with E-state index >= 15 is 0 Å². The molecule has 0 N–H and O–H groups in total. The summed E-state index contributed by atoms with van der Waals surface area (Å²) in [6.07, 6.45) is -1.01. The topological polar surface area (TPSA) is 26.3 Å². The van der Waals surface area contributed by atoms with E-state index in [2.05, 4.69) is 0 Å². The lowest BCUT2D eigenvalue weighted by molar-refractivity contribution is -0.138. The Hall–Kier alpha value is -0.930. The minimum Gasteiger partial charge on any atom is -0.463 e. The predicted octanol–water partition coefficient (Wildman–Crippen LogP) is 2.79. The molecule has 0 amide bonds. The Balaban J connectivity index is 3.81. The van der Waals surface area contributed by atoms with Crippen molar-refractivity contribution in [3.63, 3.8) is 0 Å². The third-order valence-electron chi connectivity index (χ3n) is 1.63. The smallest absolute Gasteiger partial charge is 0.330 e. The molecule has 0 bridgehead atoms. The Bertz CT molecular complexity index is 210. The highest BCUT2D eigenvalue weighted by molar-refractivity contribution is 5.82. The Kier molecular flexibility index (Phi) is 6.08. The maximum absolute atomic E-state index is 12.0. The highest BCUT2D eigenvalue weighted by Gasteiger charge is 2.08. The normalized spacial score (nSPS) is 12.4. The molecule has 0 atom stereocenters. The lowest BCUT2D eigenvalue weighted by Gasteiger charge is -2.05. The molecule has 0 fully saturated rings. The van der Waals surface area contributed by atoms with Gasteiger partial charge in [-0.15, -0.1) is 0 Å². The first-order valence-corrected chi connectivity index (χ1v) is 4.56. The largest absolute Gasteiger partial charge is 0.463 e. The second kappa shape index (κ2) is 6.51. The summed E-state index contributed by atoms with van der Waals surface area (Å²) in [5, 5.41) is 0. The molecule has 4 heteroatoms. The van der Waals surface area contributed by atoms with E-state index in [0.717, 1.165) is 12.5 Å². The van der Waals surface area contributed by atoms with E-state index in [1.165, 1.54) is 6.92 Å². The molecule has 0 heterocycles. The summed E-state index contributed by atoms with van der Waals surface area (Å²) >= 11 is 0. The van der Waals surface area contributed by atoms with Gasteiger partial charge in [-0.3, -0.25) is 0 Å². The highest BCUT2D eigenvalue weighted by Crippen LogP contribution is 2.07. The van der Waals surface area contributed by atoms with Gasteiger partial charge in [0.05, 0.1) is 6.61 Å². The first-order chi connectivity index (χ1) is 6.43. The van der Waals surface area contributed by atoms with Crippen LogP contribution < -0.4 is 0 Å². The van der Waals surface area contributed by atoms with Crippen LogP contribution in [0.1, 0.15) is 27.2 Å². The Morgan fingerprint density at radius 3 is 2.43 bits per heavy atom. The van der Waals surface area contributed by atoms with Crippen LogP contribution in [0, 0.1) is 5.92 Å². The zero-order valence-corrected chi connectivity index (χ0v) is 8.72. The van der Waals surface area contributed by atoms with Crippen LogP contribution in [0.15, 0.2) is 11.6 Å². The van der Waals surface area contributed by atoms with Crippen LogP contribution in [0.25, 0.3) is 0 Å². The lowest BCUT2D eigenvalue weighted by atomic mass is 10.1. The first kappa shape index (κ1) is 13.1. The van der Waals surface area contributed by atoms with Gasteiger partial charge in [0.25, 0.3) is 6.43 Å². The fourth-order valence-electron chi connectivity index (χ4n) is 0.686. The number of halogens is 2. The van der Waals surface area contributed by atoms with Crippen molar-refractivity contribution in [3.05, 3.63) is 11.6 Å². The summed E-state index contributed by atoms with van der Waals surface area (Å²) in [5.74, 6) is -0.258. The number of rotatable bonds is 5. The number of ether oxygens (including phenoxy) is 1. The van der Waals surface area contributed by atoms with Crippen LogP contribution in [-0.2, 0) is 9.53 Å². The van der Waals surface area contributed by atoms with Gasteiger partial charge in [0.15, 0.2) is 0 Å². The molecule has 0 rings (SSSR count). The quantitative estimate of drug-likeness (QED) is 0.510. The molecule has 0 aliphatic heterocycles. The number of carbonyl (C=O) groups is 1. The predicted molar refractivity (Wildman–Crippen MR) is 50.2 cm³/mol. The van der Waals surface area contributed by atoms with Crippen molar-refractivity contribution >= 4 is 5.97 Å². The molecule has 0 aliphatic rings.